The lowest BCUT2D eigenvalue weighted by molar-refractivity contribution is 0.599. The Morgan fingerprint density at radius 2 is 0.558 bits per heavy atom. The van der Waals surface area contributed by atoms with E-state index in [2.05, 4.69) is 103 Å². The van der Waals surface area contributed by atoms with E-state index in [4.69, 9.17) is 41.2 Å². The van der Waals surface area contributed by atoms with Gasteiger partial charge < -0.3 is 26.6 Å². The summed E-state index contributed by atoms with van der Waals surface area (Å²) >= 11 is 21.5. The van der Waals surface area contributed by atoms with E-state index in [-0.39, 0.29) is 33.8 Å². The van der Waals surface area contributed by atoms with Crippen LogP contribution in [0.4, 0.5) is 61.3 Å². The van der Waals surface area contributed by atoms with Gasteiger partial charge in [-0.25, -0.2) is 46.5 Å². The second-order valence-corrected chi connectivity index (χ2v) is 47.5. The largest absolute Gasteiger partial charge is 0.355 e. The molecule has 0 amide bonds. The first-order chi connectivity index (χ1) is 70.3. The molecular weight excluding hydrogens is 2080 g/mol. The number of aromatic nitrogens is 11. The van der Waals surface area contributed by atoms with Crippen molar-refractivity contribution in [2.75, 3.05) is 57.9 Å². The van der Waals surface area contributed by atoms with E-state index in [0.717, 1.165) is 171 Å². The van der Waals surface area contributed by atoms with E-state index in [1.165, 1.54) is 43.4 Å². The van der Waals surface area contributed by atoms with Crippen LogP contribution in [-0.4, -0.2) is 128 Å². The molecule has 26 nitrogen and oxygen atoms in total. The van der Waals surface area contributed by atoms with Crippen molar-refractivity contribution in [3.63, 3.8) is 0 Å². The first-order valence-corrected chi connectivity index (χ1v) is 57.1. The number of anilines is 10. The highest BCUT2D eigenvalue weighted by atomic mass is 79.9. The first-order valence-electron chi connectivity index (χ1n) is 44.8. The summed E-state index contributed by atoms with van der Waals surface area (Å²) in [7, 11) is -15.7. The third-order valence-electron chi connectivity index (χ3n) is 22.2. The SMILES string of the molecule is C#Cc1cccc(Nc2ccnc3ccc(-c4cncc(CS(C)(=O)=O)c4)cc23)c1.CS(=O)(=O)Cc1cncc(-c2ccc3nccc(Nc4ccc(F)c(Cl)c4)c3c2)c1.CS(=O)(=O)Cc1cncc(-c2ccc3nccc(Nc4cccc(Br)c4)c3c2)c1.CS(=O)(=O)Cc1cncc(-c2ccc3nccc(Nc4cccc(Cl)c4)c3c2)c1.CS(=O)(=O)Cc1cncc(-c2ccc3nccc(Nc4cncc(Cl)c4)c3c2)c1. The monoisotopic (exact) mass is 2170 g/mol. The van der Waals surface area contributed by atoms with Crippen molar-refractivity contribution in [1.82, 2.24) is 54.8 Å². The van der Waals surface area contributed by atoms with Crippen LogP contribution < -0.4 is 26.6 Å². The summed E-state index contributed by atoms with van der Waals surface area (Å²) in [5.74, 6) is 1.94. The van der Waals surface area contributed by atoms with E-state index in [1.54, 1.807) is 117 Å². The van der Waals surface area contributed by atoms with Crippen molar-refractivity contribution in [3.05, 3.63) is 413 Å². The van der Waals surface area contributed by atoms with E-state index in [9.17, 15) is 46.5 Å². The number of fused-ring (bicyclic) bond motifs is 5. The first kappa shape index (κ1) is 104. The Balaban J connectivity index is 0.000000131. The zero-order valence-electron chi connectivity index (χ0n) is 79.0. The summed E-state index contributed by atoms with van der Waals surface area (Å²) in [6.45, 7) is 0. The molecule has 0 aliphatic rings. The maximum Gasteiger partial charge on any atom is 0.151 e. The maximum atomic E-state index is 13.5. The molecule has 5 N–H and O–H groups in total. The third kappa shape index (κ3) is 29.7. The van der Waals surface area contributed by atoms with Gasteiger partial charge in [0.05, 0.1) is 78.3 Å². The lowest BCUT2D eigenvalue weighted by Gasteiger charge is -2.12. The van der Waals surface area contributed by atoms with Crippen LogP contribution in [0, 0.1) is 18.2 Å². The Morgan fingerprint density at radius 1 is 0.279 bits per heavy atom. The summed E-state index contributed by atoms with van der Waals surface area (Å²) in [6, 6.07) is 77.5. The number of nitrogens with one attached hydrogen (secondary N) is 5. The van der Waals surface area contributed by atoms with Crippen molar-refractivity contribution >= 4 is 211 Å². The normalized spacial score (nSPS) is 11.5. The van der Waals surface area contributed by atoms with Gasteiger partial charge in [0.15, 0.2) is 49.2 Å². The van der Waals surface area contributed by atoms with Gasteiger partial charge in [0.2, 0.25) is 0 Å². The quantitative estimate of drug-likeness (QED) is 0.0332. The number of benzene rings is 9. The number of rotatable bonds is 25. The molecule has 0 bridgehead atoms. The molecule has 0 spiro atoms. The van der Waals surface area contributed by atoms with Gasteiger partial charge in [-0.2, -0.15) is 0 Å². The number of terminal acetylenes is 1. The van der Waals surface area contributed by atoms with Crippen LogP contribution >= 0.6 is 50.7 Å². The fourth-order valence-electron chi connectivity index (χ4n) is 16.0. The summed E-state index contributed by atoms with van der Waals surface area (Å²) < 4.78 is 131. The summed E-state index contributed by atoms with van der Waals surface area (Å²) in [6.07, 6.45) is 40.0. The molecule has 0 saturated carbocycles. The topological polar surface area (TPSA) is 373 Å². The molecule has 9 aromatic carbocycles. The molecule has 11 heterocycles. The van der Waals surface area contributed by atoms with Gasteiger partial charge in [0, 0.05) is 251 Å². The second-order valence-electron chi connectivity index (χ2n) is 34.6. The highest BCUT2D eigenvalue weighted by molar-refractivity contribution is 9.10. The fourth-order valence-corrected chi connectivity index (χ4v) is 20.7. The highest BCUT2D eigenvalue weighted by Crippen LogP contribution is 2.39. The molecule has 0 saturated heterocycles. The molecule has 0 radical (unpaired) electrons. The predicted molar refractivity (Wildman–Crippen MR) is 595 cm³/mol. The van der Waals surface area contributed by atoms with Crippen molar-refractivity contribution < 1.29 is 46.5 Å². The molecular formula is C111H89BrCl3FN16O10S5. The van der Waals surface area contributed by atoms with Crippen molar-refractivity contribution in [2.24, 2.45) is 0 Å². The average molecular weight is 2170 g/mol. The number of pyridine rings is 11. The summed E-state index contributed by atoms with van der Waals surface area (Å²) in [5.41, 5.74) is 25.6. The summed E-state index contributed by atoms with van der Waals surface area (Å²) in [4.78, 5) is 47.3. The van der Waals surface area contributed by atoms with E-state index in [1.807, 2.05) is 224 Å². The molecule has 0 aliphatic carbocycles. The van der Waals surface area contributed by atoms with Crippen molar-refractivity contribution in [2.45, 2.75) is 28.8 Å². The van der Waals surface area contributed by atoms with Gasteiger partial charge in [0.1, 0.15) is 5.82 Å². The minimum Gasteiger partial charge on any atom is -0.355 e. The van der Waals surface area contributed by atoms with Crippen LogP contribution in [0.15, 0.2) is 359 Å². The van der Waals surface area contributed by atoms with E-state index < -0.39 is 55.0 Å². The van der Waals surface area contributed by atoms with Crippen LogP contribution in [0.25, 0.3) is 110 Å². The lowest BCUT2D eigenvalue weighted by atomic mass is 10.0. The van der Waals surface area contributed by atoms with Gasteiger partial charge in [0.25, 0.3) is 0 Å². The van der Waals surface area contributed by atoms with Gasteiger partial charge in [-0.1, -0.05) is 105 Å². The number of halogens is 5. The average Bonchev–Trinajstić information content (AvgIpc) is 0.804. The molecule has 20 rings (SSSR count). The molecule has 0 unspecified atom stereocenters. The number of hydrogen-bond acceptors (Lipinski definition) is 26. The maximum absolute atomic E-state index is 13.5. The standard InChI is InChI=1S/C24H19N3O2S.C22H18BrN3O2S.C22H17ClFN3O2S.C22H18ClN3O2S.C21H17ClN4O2S/c1-3-17-5-4-6-21(12-17)27-24-9-10-26-23-8-7-19(13-22(23)24)20-11-18(14-25-15-20)16-30(2,28)29;1-29(27,28)14-15-9-17(13-24-12-15)16-5-6-21-20(10-16)22(7-8-25-21)26-19-4-2-3-18(23)11-19;1-30(28,29)13-14-8-16(12-25-11-14)15-2-5-21-18(9-15)22(6-7-26-21)27-17-3-4-20(24)19(23)10-17;1-29(27,28)14-15-9-17(13-24-12-15)16-5-6-21-20(10-16)22(7-8-25-21)26-19-4-2-3-18(23)11-19;1-29(27,28)13-14-6-16(10-23-9-14)15-2-3-20-19(7-15)21(4-5-25-20)26-18-8-17(22)11-24-12-18/h1,4-15H,16H2,2H3,(H,26,27);2-13H,14H2,1H3,(H,25,26);2-12H,13H2,1H3,(H,26,27);2-13H,14H2,1H3,(H,25,26);2-12H,13H2,1H3,(H,25,26). The zero-order chi connectivity index (χ0) is 104. The van der Waals surface area contributed by atoms with Crippen molar-refractivity contribution in [1.29, 1.82) is 0 Å². The summed E-state index contributed by atoms with van der Waals surface area (Å²) in [5, 5.41) is 22.7. The minimum absolute atomic E-state index is 0.0291. The third-order valence-corrected chi connectivity index (χ3v) is 27.7. The van der Waals surface area contributed by atoms with E-state index >= 15 is 0 Å². The fraction of sp³-hybridized carbons (Fsp3) is 0.0901. The molecule has 147 heavy (non-hydrogen) atoms. The molecule has 738 valence electrons. The second kappa shape index (κ2) is 46.3. The Hall–Kier alpha value is -15.5. The van der Waals surface area contributed by atoms with Crippen LogP contribution in [0.2, 0.25) is 15.1 Å². The Morgan fingerprint density at radius 3 is 0.850 bits per heavy atom. The Kier molecular flexibility index (Phi) is 32.9. The van der Waals surface area contributed by atoms with Gasteiger partial charge in [-0.05, 0) is 256 Å². The van der Waals surface area contributed by atoms with Crippen LogP contribution in [-0.2, 0) is 78.0 Å². The Bertz CT molecular complexity index is 8610. The molecule has 0 atom stereocenters. The minimum atomic E-state index is -3.16. The van der Waals surface area contributed by atoms with Crippen LogP contribution in [0.3, 0.4) is 0 Å². The molecule has 20 aromatic rings. The van der Waals surface area contributed by atoms with Gasteiger partial charge >= 0.3 is 0 Å². The van der Waals surface area contributed by atoms with Crippen LogP contribution in [0.1, 0.15) is 33.4 Å². The number of hydrogen-bond donors (Lipinski definition) is 5. The molecule has 36 heteroatoms. The van der Waals surface area contributed by atoms with Gasteiger partial charge in [-0.15, -0.1) is 6.42 Å². The van der Waals surface area contributed by atoms with Crippen molar-refractivity contribution in [3.8, 4) is 68.0 Å². The highest BCUT2D eigenvalue weighted by Gasteiger charge is 2.19. The van der Waals surface area contributed by atoms with Gasteiger partial charge in [-0.3, -0.25) is 54.8 Å². The smallest absolute Gasteiger partial charge is 0.151 e. The molecule has 11 aromatic heterocycles. The zero-order valence-corrected chi connectivity index (χ0v) is 87.0. The lowest BCUT2D eigenvalue weighted by Crippen LogP contribution is -2.01. The number of nitrogens with zero attached hydrogens (tertiary/aromatic N) is 11. The van der Waals surface area contributed by atoms with E-state index in [0.29, 0.717) is 43.5 Å². The van der Waals surface area contributed by atoms with Crippen LogP contribution in [0.5, 0.6) is 0 Å². The number of sulfone groups is 5. The molecule has 0 aliphatic heterocycles. The molecule has 0 fully saturated rings. The predicted octanol–water partition coefficient (Wildman–Crippen LogP) is 25.2. The Labute approximate surface area is 872 Å².